The summed E-state index contributed by atoms with van der Waals surface area (Å²) in [6.45, 7) is 3.73. The standard InChI is InChI=1S/C13H21N5O3/c1-3-6-14-12-11(18(19)20)13(16-9-15-12)17(7-8-21-2)10-4-5-10/h9-10H,3-8H2,1-2H3,(H,14,15,16). The Bertz CT molecular complexity index is 493. The van der Waals surface area contributed by atoms with Gasteiger partial charge in [-0.1, -0.05) is 6.92 Å². The van der Waals surface area contributed by atoms with Crippen molar-refractivity contribution in [2.45, 2.75) is 32.2 Å². The first kappa shape index (κ1) is 15.4. The zero-order chi connectivity index (χ0) is 15.2. The quantitative estimate of drug-likeness (QED) is 0.548. The minimum Gasteiger partial charge on any atom is -0.383 e. The lowest BCUT2D eigenvalue weighted by molar-refractivity contribution is -0.383. The predicted octanol–water partition coefficient (Wildman–Crippen LogP) is 1.82. The van der Waals surface area contributed by atoms with Crippen LogP contribution in [0.25, 0.3) is 0 Å². The monoisotopic (exact) mass is 295 g/mol. The second-order valence-electron chi connectivity index (χ2n) is 5.00. The Labute approximate surface area is 123 Å². The smallest absolute Gasteiger partial charge is 0.353 e. The van der Waals surface area contributed by atoms with Crippen LogP contribution in [0.15, 0.2) is 6.33 Å². The molecule has 1 fully saturated rings. The van der Waals surface area contributed by atoms with Crippen LogP contribution < -0.4 is 10.2 Å². The molecule has 1 aromatic rings. The molecule has 1 aliphatic carbocycles. The Hall–Kier alpha value is -1.96. The van der Waals surface area contributed by atoms with Crippen LogP contribution >= 0.6 is 0 Å². The lowest BCUT2D eigenvalue weighted by Gasteiger charge is -2.23. The molecular formula is C13H21N5O3. The molecule has 0 saturated heterocycles. The molecule has 8 heteroatoms. The molecule has 0 spiro atoms. The summed E-state index contributed by atoms with van der Waals surface area (Å²) in [6, 6.07) is 0.313. The van der Waals surface area contributed by atoms with E-state index in [1.807, 2.05) is 11.8 Å². The van der Waals surface area contributed by atoms with E-state index in [1.54, 1.807) is 7.11 Å². The third-order valence-corrected chi connectivity index (χ3v) is 3.32. The fourth-order valence-electron chi connectivity index (χ4n) is 2.16. The largest absolute Gasteiger partial charge is 0.383 e. The van der Waals surface area contributed by atoms with E-state index >= 15 is 0 Å². The minimum absolute atomic E-state index is 0.0473. The molecule has 1 N–H and O–H groups in total. The lowest BCUT2D eigenvalue weighted by Crippen LogP contribution is -2.31. The minimum atomic E-state index is -0.407. The van der Waals surface area contributed by atoms with Crippen LogP contribution in [0.5, 0.6) is 0 Å². The molecule has 1 heterocycles. The van der Waals surface area contributed by atoms with Gasteiger partial charge in [0, 0.05) is 26.2 Å². The molecule has 21 heavy (non-hydrogen) atoms. The van der Waals surface area contributed by atoms with Crippen LogP contribution in [0.4, 0.5) is 17.3 Å². The second kappa shape index (κ2) is 7.16. The molecule has 1 saturated carbocycles. The van der Waals surface area contributed by atoms with Crippen LogP contribution in [-0.4, -0.2) is 47.7 Å². The molecule has 0 bridgehead atoms. The first-order valence-corrected chi connectivity index (χ1v) is 7.17. The highest BCUT2D eigenvalue weighted by atomic mass is 16.6. The van der Waals surface area contributed by atoms with Crippen molar-refractivity contribution in [3.8, 4) is 0 Å². The number of hydrogen-bond acceptors (Lipinski definition) is 7. The van der Waals surface area contributed by atoms with Gasteiger partial charge in [-0.05, 0) is 19.3 Å². The Morgan fingerprint density at radius 3 is 2.86 bits per heavy atom. The Balaban J connectivity index is 2.33. The van der Waals surface area contributed by atoms with Crippen LogP contribution in [0, 0.1) is 10.1 Å². The molecule has 0 radical (unpaired) electrons. The summed E-state index contributed by atoms with van der Waals surface area (Å²) in [5.74, 6) is 0.670. The fraction of sp³-hybridized carbons (Fsp3) is 0.692. The second-order valence-corrected chi connectivity index (χ2v) is 5.00. The number of aromatic nitrogens is 2. The molecular weight excluding hydrogens is 274 g/mol. The third-order valence-electron chi connectivity index (χ3n) is 3.32. The van der Waals surface area contributed by atoms with E-state index in [0.29, 0.717) is 31.6 Å². The molecule has 8 nitrogen and oxygen atoms in total. The van der Waals surface area contributed by atoms with Gasteiger partial charge < -0.3 is 15.0 Å². The van der Waals surface area contributed by atoms with Crippen molar-refractivity contribution in [1.29, 1.82) is 0 Å². The maximum Gasteiger partial charge on any atom is 0.353 e. The van der Waals surface area contributed by atoms with Crippen molar-refractivity contribution >= 4 is 17.3 Å². The number of nitro groups is 1. The lowest BCUT2D eigenvalue weighted by atomic mass is 10.3. The van der Waals surface area contributed by atoms with E-state index in [-0.39, 0.29) is 11.5 Å². The molecule has 1 aliphatic rings. The van der Waals surface area contributed by atoms with Crippen molar-refractivity contribution < 1.29 is 9.66 Å². The number of rotatable bonds is 9. The number of methoxy groups -OCH3 is 1. The summed E-state index contributed by atoms with van der Waals surface area (Å²) in [7, 11) is 1.62. The van der Waals surface area contributed by atoms with Crippen molar-refractivity contribution in [2.24, 2.45) is 0 Å². The van der Waals surface area contributed by atoms with Crippen LogP contribution in [-0.2, 0) is 4.74 Å². The maximum atomic E-state index is 11.5. The van der Waals surface area contributed by atoms with Gasteiger partial charge in [0.05, 0.1) is 11.5 Å². The molecule has 0 amide bonds. The summed E-state index contributed by atoms with van der Waals surface area (Å²) in [4.78, 5) is 21.2. The molecule has 0 atom stereocenters. The Morgan fingerprint density at radius 2 is 2.29 bits per heavy atom. The van der Waals surface area contributed by atoms with E-state index in [4.69, 9.17) is 4.74 Å². The third kappa shape index (κ3) is 3.78. The number of anilines is 2. The van der Waals surface area contributed by atoms with Crippen molar-refractivity contribution in [3.05, 3.63) is 16.4 Å². The maximum absolute atomic E-state index is 11.5. The summed E-state index contributed by atoms with van der Waals surface area (Å²) in [5.41, 5.74) is -0.0473. The highest BCUT2D eigenvalue weighted by Crippen LogP contribution is 2.37. The number of nitrogens with zero attached hydrogens (tertiary/aromatic N) is 4. The normalized spacial score (nSPS) is 14.0. The van der Waals surface area contributed by atoms with Crippen molar-refractivity contribution in [1.82, 2.24) is 9.97 Å². The van der Waals surface area contributed by atoms with E-state index in [9.17, 15) is 10.1 Å². The predicted molar refractivity (Wildman–Crippen MR) is 79.7 cm³/mol. The molecule has 1 aromatic heterocycles. The summed E-state index contributed by atoms with van der Waals surface area (Å²) in [5, 5.41) is 14.5. The van der Waals surface area contributed by atoms with Gasteiger partial charge in [-0.15, -0.1) is 0 Å². The van der Waals surface area contributed by atoms with E-state index in [0.717, 1.165) is 19.3 Å². The summed E-state index contributed by atoms with van der Waals surface area (Å²) >= 11 is 0. The van der Waals surface area contributed by atoms with Crippen LogP contribution in [0.1, 0.15) is 26.2 Å². The number of ether oxygens (including phenoxy) is 1. The molecule has 2 rings (SSSR count). The van der Waals surface area contributed by atoms with Crippen molar-refractivity contribution in [2.75, 3.05) is 37.0 Å². The fourth-order valence-corrected chi connectivity index (χ4v) is 2.16. The topological polar surface area (TPSA) is 93.4 Å². The van der Waals surface area contributed by atoms with Gasteiger partial charge in [-0.2, -0.15) is 0 Å². The van der Waals surface area contributed by atoms with Gasteiger partial charge in [0.15, 0.2) is 0 Å². The van der Waals surface area contributed by atoms with Gasteiger partial charge >= 0.3 is 5.69 Å². The van der Waals surface area contributed by atoms with Gasteiger partial charge in [-0.3, -0.25) is 10.1 Å². The zero-order valence-corrected chi connectivity index (χ0v) is 12.4. The van der Waals surface area contributed by atoms with E-state index in [1.165, 1.54) is 6.33 Å². The first-order chi connectivity index (χ1) is 10.2. The number of nitrogens with one attached hydrogen (secondary N) is 1. The van der Waals surface area contributed by atoms with Crippen molar-refractivity contribution in [3.63, 3.8) is 0 Å². The highest BCUT2D eigenvalue weighted by Gasteiger charge is 2.35. The average molecular weight is 295 g/mol. The van der Waals surface area contributed by atoms with Gasteiger partial charge in [0.25, 0.3) is 0 Å². The number of hydrogen-bond donors (Lipinski definition) is 1. The molecule has 0 aliphatic heterocycles. The zero-order valence-electron chi connectivity index (χ0n) is 12.4. The summed E-state index contributed by atoms with van der Waals surface area (Å²) < 4.78 is 5.10. The van der Waals surface area contributed by atoms with Gasteiger partial charge in [-0.25, -0.2) is 9.97 Å². The van der Waals surface area contributed by atoms with Gasteiger partial charge in [0.1, 0.15) is 6.33 Å². The molecule has 116 valence electrons. The van der Waals surface area contributed by atoms with Gasteiger partial charge in [0.2, 0.25) is 11.6 Å². The van der Waals surface area contributed by atoms with Crippen LogP contribution in [0.3, 0.4) is 0 Å². The first-order valence-electron chi connectivity index (χ1n) is 7.17. The SMILES string of the molecule is CCCNc1ncnc(N(CCOC)C2CC2)c1[N+](=O)[O-]. The average Bonchev–Trinajstić information content (AvgIpc) is 3.30. The molecule has 0 unspecified atom stereocenters. The van der Waals surface area contributed by atoms with E-state index < -0.39 is 4.92 Å². The summed E-state index contributed by atoms with van der Waals surface area (Å²) in [6.07, 6.45) is 4.31. The molecule has 0 aromatic carbocycles. The van der Waals surface area contributed by atoms with Crippen LogP contribution in [0.2, 0.25) is 0 Å². The van der Waals surface area contributed by atoms with E-state index in [2.05, 4.69) is 15.3 Å². The highest BCUT2D eigenvalue weighted by molar-refractivity contribution is 5.70. The Kier molecular flexibility index (Phi) is 5.26. The Morgan fingerprint density at radius 1 is 1.52 bits per heavy atom.